The topological polar surface area (TPSA) is 63.4 Å². The summed E-state index contributed by atoms with van der Waals surface area (Å²) in [6.45, 7) is 3.81. The summed E-state index contributed by atoms with van der Waals surface area (Å²) in [5, 5.41) is 3.82. The first kappa shape index (κ1) is 16.4. The predicted octanol–water partition coefficient (Wildman–Crippen LogP) is 2.92. The van der Waals surface area contributed by atoms with Crippen LogP contribution in [0.4, 0.5) is 14.5 Å². The molecule has 0 unspecified atom stereocenters. The van der Waals surface area contributed by atoms with Gasteiger partial charge in [-0.1, -0.05) is 17.3 Å². The van der Waals surface area contributed by atoms with Crippen molar-refractivity contribution in [2.75, 3.05) is 11.9 Å². The number of anilines is 1. The van der Waals surface area contributed by atoms with Crippen LogP contribution < -0.4 is 4.90 Å². The highest BCUT2D eigenvalue weighted by Gasteiger charge is 2.30. The molecule has 0 saturated heterocycles. The van der Waals surface area contributed by atoms with Gasteiger partial charge in [0.25, 0.3) is 0 Å². The molecule has 0 fully saturated rings. The summed E-state index contributed by atoms with van der Waals surface area (Å²) in [6.07, 6.45) is 0. The van der Waals surface area contributed by atoms with E-state index in [2.05, 4.69) is 5.16 Å². The number of aryl methyl sites for hydroxylation is 2. The van der Waals surface area contributed by atoms with Gasteiger partial charge in [0.2, 0.25) is 9.84 Å². The van der Waals surface area contributed by atoms with Gasteiger partial charge in [0.05, 0.1) is 16.3 Å². The minimum Gasteiger partial charge on any atom is -0.369 e. The Hall–Kier alpha value is -1.96. The Balaban J connectivity index is 2.42. The number of para-hydroxylation sites is 1. The highest BCUT2D eigenvalue weighted by molar-refractivity contribution is 7.91. The van der Waals surface area contributed by atoms with E-state index >= 15 is 0 Å². The fraction of sp³-hybridized carbons (Fsp3) is 0.357. The fourth-order valence-electron chi connectivity index (χ4n) is 2.16. The van der Waals surface area contributed by atoms with Crippen LogP contribution in [0.25, 0.3) is 0 Å². The van der Waals surface area contributed by atoms with Crippen LogP contribution in [0.5, 0.6) is 0 Å². The molecule has 1 heterocycles. The van der Waals surface area contributed by atoms with Gasteiger partial charge in [-0.3, -0.25) is 0 Å². The number of rotatable bonds is 5. The highest BCUT2D eigenvalue weighted by Crippen LogP contribution is 2.30. The van der Waals surface area contributed by atoms with Crippen LogP contribution in [-0.2, 0) is 16.4 Å². The van der Waals surface area contributed by atoms with Gasteiger partial charge in [-0.25, -0.2) is 8.42 Å². The second-order valence-electron chi connectivity index (χ2n) is 4.93. The molecule has 0 spiro atoms. The van der Waals surface area contributed by atoms with Crippen LogP contribution in [0.15, 0.2) is 33.7 Å². The van der Waals surface area contributed by atoms with E-state index in [1.807, 2.05) is 0 Å². The monoisotopic (exact) mass is 330 g/mol. The molecule has 8 heteroatoms. The summed E-state index contributed by atoms with van der Waals surface area (Å²) in [4.78, 5) is 1.20. The SMILES string of the molecule is Cc1noc(C)c1CN(C)c1ccccc1S(=O)(=O)C(F)F. The van der Waals surface area contributed by atoms with Gasteiger partial charge in [-0.2, -0.15) is 8.78 Å². The van der Waals surface area contributed by atoms with Gasteiger partial charge in [0.15, 0.2) is 0 Å². The van der Waals surface area contributed by atoms with Gasteiger partial charge in [-0.05, 0) is 26.0 Å². The average molecular weight is 330 g/mol. The van der Waals surface area contributed by atoms with E-state index in [9.17, 15) is 17.2 Å². The quantitative estimate of drug-likeness (QED) is 0.843. The average Bonchev–Trinajstić information content (AvgIpc) is 2.79. The van der Waals surface area contributed by atoms with Gasteiger partial charge in [0, 0.05) is 19.2 Å². The Morgan fingerprint density at radius 3 is 2.45 bits per heavy atom. The van der Waals surface area contributed by atoms with Crippen molar-refractivity contribution < 1.29 is 21.7 Å². The molecule has 5 nitrogen and oxygen atoms in total. The molecule has 0 amide bonds. The molecule has 0 N–H and O–H groups in total. The van der Waals surface area contributed by atoms with E-state index in [-0.39, 0.29) is 10.6 Å². The van der Waals surface area contributed by atoms with E-state index < -0.39 is 15.6 Å². The summed E-state index contributed by atoms with van der Waals surface area (Å²) in [5.74, 6) is -2.85. The zero-order valence-electron chi connectivity index (χ0n) is 12.4. The number of halogens is 2. The van der Waals surface area contributed by atoms with E-state index in [0.29, 0.717) is 18.0 Å². The van der Waals surface area contributed by atoms with Crippen LogP contribution in [-0.4, -0.2) is 26.4 Å². The Bertz CT molecular complexity index is 753. The number of alkyl halides is 2. The number of sulfone groups is 1. The molecule has 0 bridgehead atoms. The fourth-order valence-corrected chi connectivity index (χ4v) is 3.13. The first-order chi connectivity index (χ1) is 10.2. The van der Waals surface area contributed by atoms with Crippen molar-refractivity contribution in [3.63, 3.8) is 0 Å². The van der Waals surface area contributed by atoms with Crippen molar-refractivity contribution in [3.8, 4) is 0 Å². The summed E-state index contributed by atoms with van der Waals surface area (Å²) in [6, 6.07) is 5.69. The third kappa shape index (κ3) is 2.96. The van der Waals surface area contributed by atoms with Crippen LogP contribution in [0.1, 0.15) is 17.0 Å². The van der Waals surface area contributed by atoms with Crippen LogP contribution in [0.3, 0.4) is 0 Å². The maximum atomic E-state index is 12.8. The molecule has 1 aromatic carbocycles. The van der Waals surface area contributed by atoms with Crippen LogP contribution in [0, 0.1) is 13.8 Å². The summed E-state index contributed by atoms with van der Waals surface area (Å²) >= 11 is 0. The van der Waals surface area contributed by atoms with E-state index in [0.717, 1.165) is 5.56 Å². The van der Waals surface area contributed by atoms with Crippen molar-refractivity contribution in [1.29, 1.82) is 0 Å². The van der Waals surface area contributed by atoms with E-state index in [1.165, 1.54) is 18.2 Å². The number of aromatic nitrogens is 1. The Kier molecular flexibility index (Phi) is 4.50. The van der Waals surface area contributed by atoms with Crippen LogP contribution >= 0.6 is 0 Å². The Labute approximate surface area is 127 Å². The first-order valence-corrected chi connectivity index (χ1v) is 8.03. The highest BCUT2D eigenvalue weighted by atomic mass is 32.2. The molecule has 0 aliphatic heterocycles. The minimum atomic E-state index is -4.67. The number of benzene rings is 1. The normalized spacial score (nSPS) is 11.9. The second-order valence-corrected chi connectivity index (χ2v) is 6.82. The maximum Gasteiger partial charge on any atom is 0.341 e. The smallest absolute Gasteiger partial charge is 0.341 e. The molecule has 0 atom stereocenters. The zero-order valence-corrected chi connectivity index (χ0v) is 13.2. The second kappa shape index (κ2) is 6.04. The van der Waals surface area contributed by atoms with Crippen molar-refractivity contribution in [3.05, 3.63) is 41.3 Å². The third-order valence-electron chi connectivity index (χ3n) is 3.39. The van der Waals surface area contributed by atoms with Crippen molar-refractivity contribution in [2.45, 2.75) is 31.0 Å². The van der Waals surface area contributed by atoms with E-state index in [4.69, 9.17) is 4.52 Å². The largest absolute Gasteiger partial charge is 0.369 e. The predicted molar refractivity (Wildman–Crippen MR) is 77.7 cm³/mol. The molecule has 0 aliphatic rings. The molecule has 0 saturated carbocycles. The van der Waals surface area contributed by atoms with Gasteiger partial charge >= 0.3 is 5.76 Å². The molecule has 22 heavy (non-hydrogen) atoms. The molecular formula is C14H16F2N2O3S. The van der Waals surface area contributed by atoms with E-state index in [1.54, 1.807) is 31.9 Å². The molecule has 0 aliphatic carbocycles. The lowest BCUT2D eigenvalue weighted by molar-refractivity contribution is 0.235. The lowest BCUT2D eigenvalue weighted by Crippen LogP contribution is -2.21. The number of hydrogen-bond acceptors (Lipinski definition) is 5. The van der Waals surface area contributed by atoms with Crippen molar-refractivity contribution in [1.82, 2.24) is 5.16 Å². The lowest BCUT2D eigenvalue weighted by atomic mass is 10.2. The Morgan fingerprint density at radius 1 is 1.27 bits per heavy atom. The lowest BCUT2D eigenvalue weighted by Gasteiger charge is -2.22. The van der Waals surface area contributed by atoms with Crippen LogP contribution in [0.2, 0.25) is 0 Å². The van der Waals surface area contributed by atoms with Gasteiger partial charge < -0.3 is 9.42 Å². The molecule has 1 aromatic heterocycles. The standard InChI is InChI=1S/C14H16F2N2O3S/c1-9-11(10(2)21-17-9)8-18(3)12-6-4-5-7-13(12)22(19,20)14(15)16/h4-7,14H,8H2,1-3H3. The zero-order chi connectivity index (χ0) is 16.5. The van der Waals surface area contributed by atoms with Crippen molar-refractivity contribution in [2.24, 2.45) is 0 Å². The van der Waals surface area contributed by atoms with Gasteiger partial charge in [0.1, 0.15) is 5.76 Å². The molecule has 120 valence electrons. The number of nitrogens with zero attached hydrogens (tertiary/aromatic N) is 2. The Morgan fingerprint density at radius 2 is 1.91 bits per heavy atom. The number of hydrogen-bond donors (Lipinski definition) is 0. The molecule has 0 radical (unpaired) electrons. The van der Waals surface area contributed by atoms with Crippen molar-refractivity contribution >= 4 is 15.5 Å². The molecular weight excluding hydrogens is 314 g/mol. The summed E-state index contributed by atoms with van der Waals surface area (Å²) < 4.78 is 54.3. The molecule has 2 rings (SSSR count). The first-order valence-electron chi connectivity index (χ1n) is 6.49. The van der Waals surface area contributed by atoms with Gasteiger partial charge in [-0.15, -0.1) is 0 Å². The summed E-state index contributed by atoms with van der Waals surface area (Å²) in [5.41, 5.74) is 1.69. The summed E-state index contributed by atoms with van der Waals surface area (Å²) in [7, 11) is -3.04. The third-order valence-corrected chi connectivity index (χ3v) is 4.82. The minimum absolute atomic E-state index is 0.211. The maximum absolute atomic E-state index is 12.8. The molecule has 2 aromatic rings.